The summed E-state index contributed by atoms with van der Waals surface area (Å²) in [6, 6.07) is 17.7. The van der Waals surface area contributed by atoms with Gasteiger partial charge in [-0.1, -0.05) is 30.3 Å². The van der Waals surface area contributed by atoms with Crippen molar-refractivity contribution < 1.29 is 14.6 Å². The summed E-state index contributed by atoms with van der Waals surface area (Å²) >= 11 is 0. The molecule has 0 aliphatic carbocycles. The minimum absolute atomic E-state index is 0.250. The molecule has 0 atom stereocenters. The maximum absolute atomic E-state index is 8.36. The van der Waals surface area contributed by atoms with E-state index in [1.165, 1.54) is 0 Å². The van der Waals surface area contributed by atoms with Crippen molar-refractivity contribution in [2.75, 3.05) is 0 Å². The van der Waals surface area contributed by atoms with Crippen LogP contribution in [0.1, 0.15) is 5.56 Å². The number of fused-ring (bicyclic) bond motifs is 1. The third-order valence-electron chi connectivity index (χ3n) is 3.52. The highest BCUT2D eigenvalue weighted by molar-refractivity contribution is 5.59. The van der Waals surface area contributed by atoms with Gasteiger partial charge in [0.25, 0.3) is 6.47 Å². The van der Waals surface area contributed by atoms with Gasteiger partial charge in [-0.15, -0.1) is 0 Å². The highest BCUT2D eigenvalue weighted by Gasteiger charge is 2.04. The van der Waals surface area contributed by atoms with Crippen molar-refractivity contribution in [3.8, 4) is 17.1 Å². The number of imidazole rings is 1. The number of rotatable bonds is 4. The van der Waals surface area contributed by atoms with Gasteiger partial charge < -0.3 is 9.84 Å². The van der Waals surface area contributed by atoms with Crippen LogP contribution in [-0.4, -0.2) is 31.2 Å². The predicted molar refractivity (Wildman–Crippen MR) is 95.7 cm³/mol. The lowest BCUT2D eigenvalue weighted by atomic mass is 10.2. The van der Waals surface area contributed by atoms with Crippen LogP contribution in [0.25, 0.3) is 16.9 Å². The molecule has 4 rings (SSSR count). The van der Waals surface area contributed by atoms with Crippen LogP contribution in [0.5, 0.6) is 5.88 Å². The Kier molecular flexibility index (Phi) is 5.51. The number of pyridine rings is 1. The van der Waals surface area contributed by atoms with Gasteiger partial charge in [0.15, 0.2) is 5.65 Å². The fourth-order valence-corrected chi connectivity index (χ4v) is 2.32. The number of ether oxygens (including phenoxy) is 1. The van der Waals surface area contributed by atoms with Crippen LogP contribution in [0.2, 0.25) is 0 Å². The lowest BCUT2D eigenvalue weighted by Gasteiger charge is -2.06. The summed E-state index contributed by atoms with van der Waals surface area (Å²) in [6.07, 6.45) is 5.32. The van der Waals surface area contributed by atoms with E-state index in [-0.39, 0.29) is 6.47 Å². The summed E-state index contributed by atoms with van der Waals surface area (Å²) < 4.78 is 7.44. The summed E-state index contributed by atoms with van der Waals surface area (Å²) in [7, 11) is 0. The average Bonchev–Trinajstić information content (AvgIpc) is 3.16. The summed E-state index contributed by atoms with van der Waals surface area (Å²) in [5, 5.41) is 11.4. The highest BCUT2D eigenvalue weighted by atomic mass is 16.5. The molecule has 0 radical (unpaired) electrons. The van der Waals surface area contributed by atoms with E-state index < -0.39 is 0 Å². The van der Waals surface area contributed by atoms with E-state index >= 15 is 0 Å². The van der Waals surface area contributed by atoms with Crippen molar-refractivity contribution in [1.82, 2.24) is 19.6 Å². The smallest absolute Gasteiger partial charge is 0.290 e. The summed E-state index contributed by atoms with van der Waals surface area (Å²) in [4.78, 5) is 16.9. The van der Waals surface area contributed by atoms with Crippen LogP contribution in [-0.2, 0) is 11.4 Å². The topological polar surface area (TPSA) is 89.6 Å². The molecule has 0 amide bonds. The van der Waals surface area contributed by atoms with Gasteiger partial charge in [-0.05, 0) is 23.8 Å². The lowest BCUT2D eigenvalue weighted by molar-refractivity contribution is -0.122. The van der Waals surface area contributed by atoms with E-state index in [2.05, 4.69) is 15.1 Å². The van der Waals surface area contributed by atoms with Gasteiger partial charge in [0.2, 0.25) is 5.88 Å². The Morgan fingerprint density at radius 3 is 2.58 bits per heavy atom. The van der Waals surface area contributed by atoms with Crippen molar-refractivity contribution in [3.05, 3.63) is 78.8 Å². The van der Waals surface area contributed by atoms with Crippen molar-refractivity contribution in [1.29, 1.82) is 0 Å². The van der Waals surface area contributed by atoms with Gasteiger partial charge in [0.05, 0.1) is 5.69 Å². The number of carboxylic acid groups (broad SMARTS) is 1. The van der Waals surface area contributed by atoms with E-state index in [1.54, 1.807) is 16.9 Å². The Labute approximate surface area is 149 Å². The second kappa shape index (κ2) is 8.39. The number of hydrogen-bond acceptors (Lipinski definition) is 5. The summed E-state index contributed by atoms with van der Waals surface area (Å²) in [6.45, 7) is 0.256. The molecular formula is C19H16N4O3. The molecule has 3 heterocycles. The van der Waals surface area contributed by atoms with E-state index in [9.17, 15) is 0 Å². The third kappa shape index (κ3) is 4.21. The number of aromatic nitrogens is 4. The third-order valence-corrected chi connectivity index (χ3v) is 3.52. The van der Waals surface area contributed by atoms with E-state index in [0.717, 1.165) is 22.5 Å². The van der Waals surface area contributed by atoms with Crippen LogP contribution >= 0.6 is 0 Å². The van der Waals surface area contributed by atoms with Gasteiger partial charge >= 0.3 is 0 Å². The van der Waals surface area contributed by atoms with Crippen molar-refractivity contribution in [3.63, 3.8) is 0 Å². The standard InChI is InChI=1S/C18H14N4O.CH2O2/c1-2-4-14(5-3-1)13-23-18-9-6-15(12-20-18)16-7-8-17-19-10-11-22(17)21-16;2-1-3/h1-12H,13H2;1H,(H,2,3). The van der Waals surface area contributed by atoms with Crippen molar-refractivity contribution in [2.45, 2.75) is 6.61 Å². The number of hydrogen-bond donors (Lipinski definition) is 1. The fraction of sp³-hybridized carbons (Fsp3) is 0.0526. The molecule has 130 valence electrons. The quantitative estimate of drug-likeness (QED) is 0.570. The van der Waals surface area contributed by atoms with Crippen LogP contribution in [0.15, 0.2) is 73.2 Å². The normalized spacial score (nSPS) is 10.0. The first kappa shape index (κ1) is 17.1. The van der Waals surface area contributed by atoms with Crippen LogP contribution < -0.4 is 4.74 Å². The molecule has 0 aliphatic heterocycles. The molecule has 0 fully saturated rings. The molecular weight excluding hydrogens is 332 g/mol. The molecule has 1 N–H and O–H groups in total. The highest BCUT2D eigenvalue weighted by Crippen LogP contribution is 2.19. The van der Waals surface area contributed by atoms with E-state index in [1.807, 2.05) is 60.8 Å². The zero-order valence-corrected chi connectivity index (χ0v) is 13.8. The Morgan fingerprint density at radius 2 is 1.85 bits per heavy atom. The molecule has 0 spiro atoms. The second-order valence-electron chi connectivity index (χ2n) is 5.21. The average molecular weight is 348 g/mol. The monoisotopic (exact) mass is 348 g/mol. The molecule has 7 heteroatoms. The zero-order valence-electron chi connectivity index (χ0n) is 13.8. The van der Waals surface area contributed by atoms with Crippen molar-refractivity contribution >= 4 is 12.1 Å². The second-order valence-corrected chi connectivity index (χ2v) is 5.21. The first-order valence-electron chi connectivity index (χ1n) is 7.81. The van der Waals surface area contributed by atoms with Crippen LogP contribution in [0, 0.1) is 0 Å². The molecule has 7 nitrogen and oxygen atoms in total. The van der Waals surface area contributed by atoms with Crippen molar-refractivity contribution in [2.24, 2.45) is 0 Å². The number of carbonyl (C=O) groups is 1. The molecule has 0 aliphatic rings. The molecule has 26 heavy (non-hydrogen) atoms. The molecule has 3 aromatic heterocycles. The Bertz CT molecular complexity index is 969. The van der Waals surface area contributed by atoms with Gasteiger partial charge in [0.1, 0.15) is 6.61 Å². The Hall–Kier alpha value is -3.74. The lowest BCUT2D eigenvalue weighted by Crippen LogP contribution is -1.97. The number of benzene rings is 1. The predicted octanol–water partition coefficient (Wildman–Crippen LogP) is 3.07. The largest absolute Gasteiger partial charge is 0.483 e. The van der Waals surface area contributed by atoms with Crippen LogP contribution in [0.4, 0.5) is 0 Å². The first-order chi connectivity index (χ1) is 12.8. The SMILES string of the molecule is O=CO.c1ccc(COc2ccc(-c3ccc4nccn4n3)cn2)cc1. The zero-order chi connectivity index (χ0) is 18.2. The molecule has 0 unspecified atom stereocenters. The molecule has 1 aromatic carbocycles. The van der Waals surface area contributed by atoms with Gasteiger partial charge in [-0.25, -0.2) is 14.5 Å². The first-order valence-corrected chi connectivity index (χ1v) is 7.81. The summed E-state index contributed by atoms with van der Waals surface area (Å²) in [5.41, 5.74) is 3.72. The van der Waals surface area contributed by atoms with Crippen LogP contribution in [0.3, 0.4) is 0 Å². The molecule has 0 bridgehead atoms. The summed E-state index contributed by atoms with van der Waals surface area (Å²) in [5.74, 6) is 0.598. The van der Waals surface area contributed by atoms with Gasteiger partial charge in [-0.2, -0.15) is 5.10 Å². The van der Waals surface area contributed by atoms with Gasteiger partial charge in [0, 0.05) is 30.2 Å². The number of nitrogens with zero attached hydrogens (tertiary/aromatic N) is 4. The minimum Gasteiger partial charge on any atom is -0.483 e. The molecule has 0 saturated heterocycles. The minimum atomic E-state index is -0.250. The Balaban J connectivity index is 0.000000613. The van der Waals surface area contributed by atoms with E-state index in [4.69, 9.17) is 14.6 Å². The molecule has 4 aromatic rings. The fourth-order valence-electron chi connectivity index (χ4n) is 2.32. The van der Waals surface area contributed by atoms with E-state index in [0.29, 0.717) is 12.5 Å². The van der Waals surface area contributed by atoms with Gasteiger partial charge in [-0.3, -0.25) is 4.79 Å². The maximum Gasteiger partial charge on any atom is 0.290 e. The maximum atomic E-state index is 8.36. The molecule has 0 saturated carbocycles. The Morgan fingerprint density at radius 1 is 1.04 bits per heavy atom.